The van der Waals surface area contributed by atoms with E-state index >= 15 is 0 Å². The average molecular weight is 434 g/mol. The van der Waals surface area contributed by atoms with Gasteiger partial charge in [0.05, 0.1) is 0 Å². The Morgan fingerprint density at radius 1 is 1.06 bits per heavy atom. The number of nitrogens with zero attached hydrogens (tertiary/aromatic N) is 1. The first-order valence-corrected chi connectivity index (χ1v) is 11.3. The molecular formula is C27H30ClN2O-. The third-order valence-corrected chi connectivity index (χ3v) is 5.19. The van der Waals surface area contributed by atoms with Crippen molar-refractivity contribution in [3.05, 3.63) is 93.8 Å². The molecule has 0 bridgehead atoms. The van der Waals surface area contributed by atoms with Crippen molar-refractivity contribution in [3.8, 4) is 17.6 Å². The van der Waals surface area contributed by atoms with Crippen LogP contribution in [0.15, 0.2) is 72.3 Å². The Bertz CT molecular complexity index is 920. The molecule has 1 aliphatic carbocycles. The lowest BCUT2D eigenvalue weighted by Crippen LogP contribution is -2.23. The summed E-state index contributed by atoms with van der Waals surface area (Å²) in [5.41, 5.74) is 3.24. The van der Waals surface area contributed by atoms with E-state index in [1.54, 1.807) is 0 Å². The van der Waals surface area contributed by atoms with E-state index in [0.717, 1.165) is 60.9 Å². The second kappa shape index (κ2) is 13.0. The number of nitrogens with one attached hydrogen (secondary N) is 1. The van der Waals surface area contributed by atoms with E-state index in [9.17, 15) is 0 Å². The first-order chi connectivity index (χ1) is 15.2. The van der Waals surface area contributed by atoms with Gasteiger partial charge in [-0.15, -0.1) is 13.1 Å². The molecule has 1 aliphatic rings. The molecular weight excluding hydrogens is 404 g/mol. The van der Waals surface area contributed by atoms with Gasteiger partial charge in [0.2, 0.25) is 0 Å². The molecule has 3 rings (SSSR count). The highest BCUT2D eigenvalue weighted by molar-refractivity contribution is 6.30. The summed E-state index contributed by atoms with van der Waals surface area (Å²) in [4.78, 5) is 0. The molecule has 0 heterocycles. The molecule has 0 saturated carbocycles. The minimum absolute atomic E-state index is 0.567. The molecule has 3 nitrogen and oxygen atoms in total. The molecule has 2 aromatic rings. The molecule has 2 aromatic carbocycles. The molecule has 0 spiro atoms. The van der Waals surface area contributed by atoms with Crippen LogP contribution in [0.4, 0.5) is 0 Å². The van der Waals surface area contributed by atoms with Crippen molar-refractivity contribution in [2.75, 3.05) is 32.8 Å². The van der Waals surface area contributed by atoms with E-state index in [0.29, 0.717) is 12.5 Å². The summed E-state index contributed by atoms with van der Waals surface area (Å²) < 4.78 is 5.82. The van der Waals surface area contributed by atoms with Gasteiger partial charge in [-0.2, -0.15) is 0 Å². The minimum atomic E-state index is 0.567. The van der Waals surface area contributed by atoms with Gasteiger partial charge in [0.1, 0.15) is 12.4 Å². The van der Waals surface area contributed by atoms with E-state index in [-0.39, 0.29) is 0 Å². The van der Waals surface area contributed by atoms with Gasteiger partial charge in [-0.05, 0) is 66.4 Å². The van der Waals surface area contributed by atoms with E-state index in [1.165, 1.54) is 5.57 Å². The van der Waals surface area contributed by atoms with Crippen LogP contribution in [0.5, 0.6) is 5.75 Å². The Morgan fingerprint density at radius 3 is 2.42 bits per heavy atom. The summed E-state index contributed by atoms with van der Waals surface area (Å²) >= 11 is 5.90. The van der Waals surface area contributed by atoms with Crippen LogP contribution in [0, 0.1) is 17.8 Å². The molecule has 0 fully saturated rings. The zero-order valence-electron chi connectivity index (χ0n) is 18.1. The highest BCUT2D eigenvalue weighted by Crippen LogP contribution is 2.18. The van der Waals surface area contributed by atoms with Crippen LogP contribution < -0.4 is 10.1 Å². The third-order valence-electron chi connectivity index (χ3n) is 4.94. The highest BCUT2D eigenvalue weighted by atomic mass is 35.5. The Balaban J connectivity index is 1.32. The fraction of sp³-hybridized carbons (Fsp3) is 0.333. The molecule has 1 N–H and O–H groups in total. The molecule has 1 atom stereocenters. The normalized spacial score (nSPS) is 15.2. The van der Waals surface area contributed by atoms with Crippen LogP contribution in [0.25, 0.3) is 5.32 Å². The van der Waals surface area contributed by atoms with Gasteiger partial charge < -0.3 is 15.4 Å². The van der Waals surface area contributed by atoms with E-state index < -0.39 is 0 Å². The number of rotatable bonds is 10. The number of benzene rings is 2. The summed E-state index contributed by atoms with van der Waals surface area (Å²) in [7, 11) is 0. The van der Waals surface area contributed by atoms with E-state index in [2.05, 4.69) is 47.6 Å². The first kappa shape index (κ1) is 23.2. The zero-order chi connectivity index (χ0) is 21.7. The van der Waals surface area contributed by atoms with Crippen molar-refractivity contribution in [3.63, 3.8) is 0 Å². The number of halogens is 1. The lowest BCUT2D eigenvalue weighted by molar-refractivity contribution is 0.316. The summed E-state index contributed by atoms with van der Waals surface area (Å²) in [5, 5.41) is 8.73. The maximum atomic E-state index is 5.90. The van der Waals surface area contributed by atoms with Gasteiger partial charge in [-0.3, -0.25) is 0 Å². The van der Waals surface area contributed by atoms with Gasteiger partial charge in [0.25, 0.3) is 0 Å². The molecule has 0 aliphatic heterocycles. The average Bonchev–Trinajstić information content (AvgIpc) is 2.80. The molecule has 0 radical (unpaired) electrons. The molecule has 31 heavy (non-hydrogen) atoms. The Labute approximate surface area is 191 Å². The monoisotopic (exact) mass is 433 g/mol. The predicted octanol–water partition coefficient (Wildman–Crippen LogP) is 5.99. The quantitative estimate of drug-likeness (QED) is 0.368. The number of ether oxygens (including phenoxy) is 1. The smallest absolute Gasteiger partial charge is 0.119 e. The maximum absolute atomic E-state index is 5.90. The summed E-state index contributed by atoms with van der Waals surface area (Å²) in [6, 6.07) is 15.4. The van der Waals surface area contributed by atoms with Crippen molar-refractivity contribution in [1.82, 2.24) is 5.32 Å². The topological polar surface area (TPSA) is 35.4 Å². The highest BCUT2D eigenvalue weighted by Gasteiger charge is 2.04. The lowest BCUT2D eigenvalue weighted by Gasteiger charge is -2.25. The van der Waals surface area contributed by atoms with Crippen molar-refractivity contribution >= 4 is 11.6 Å². The molecule has 1 unspecified atom stereocenters. The van der Waals surface area contributed by atoms with Gasteiger partial charge in [0, 0.05) is 29.2 Å². The van der Waals surface area contributed by atoms with Crippen LogP contribution in [-0.4, -0.2) is 32.8 Å². The standard InChI is InChI=1S/C27H30ClN2O/c1-2-17-29-20-24-5-7-25(8-6-24)21-30-18-19-31-27-15-11-23(12-16-27)4-3-22-9-13-26(28)14-10-22/h5,7-16,24,30H,2,6,17-21H2,1H3/q-1. The van der Waals surface area contributed by atoms with E-state index in [4.69, 9.17) is 16.3 Å². The third kappa shape index (κ3) is 8.63. The van der Waals surface area contributed by atoms with E-state index in [1.807, 2.05) is 48.5 Å². The lowest BCUT2D eigenvalue weighted by atomic mass is 9.96. The predicted molar refractivity (Wildman–Crippen MR) is 131 cm³/mol. The largest absolute Gasteiger partial charge is 0.662 e. The SMILES string of the molecule is CCC[N-]CC1C=CC(CNCCOc2ccc(C#Cc3ccc(Cl)cc3)cc2)=CC1. The Morgan fingerprint density at radius 2 is 1.77 bits per heavy atom. The molecule has 0 aromatic heterocycles. The second-order valence-corrected chi connectivity index (χ2v) is 8.01. The van der Waals surface area contributed by atoms with Gasteiger partial charge in [-0.25, -0.2) is 0 Å². The van der Waals surface area contributed by atoms with Crippen LogP contribution in [-0.2, 0) is 0 Å². The number of allylic oxidation sites excluding steroid dienone is 1. The van der Waals surface area contributed by atoms with Crippen molar-refractivity contribution in [1.29, 1.82) is 0 Å². The van der Waals surface area contributed by atoms with Crippen LogP contribution >= 0.6 is 11.6 Å². The molecule has 0 amide bonds. The minimum Gasteiger partial charge on any atom is -0.662 e. The summed E-state index contributed by atoms with van der Waals surface area (Å²) in [6.45, 7) is 6.40. The van der Waals surface area contributed by atoms with Crippen LogP contribution in [0.1, 0.15) is 30.9 Å². The maximum Gasteiger partial charge on any atom is 0.119 e. The fourth-order valence-corrected chi connectivity index (χ4v) is 3.30. The van der Waals surface area contributed by atoms with Crippen LogP contribution in [0.2, 0.25) is 5.02 Å². The van der Waals surface area contributed by atoms with Crippen molar-refractivity contribution in [2.45, 2.75) is 19.8 Å². The van der Waals surface area contributed by atoms with Gasteiger partial charge >= 0.3 is 0 Å². The fourth-order valence-electron chi connectivity index (χ4n) is 3.18. The summed E-state index contributed by atoms with van der Waals surface area (Å²) in [6.07, 6.45) is 9.07. The molecule has 162 valence electrons. The van der Waals surface area contributed by atoms with Crippen molar-refractivity contribution in [2.24, 2.45) is 5.92 Å². The van der Waals surface area contributed by atoms with Crippen LogP contribution in [0.3, 0.4) is 0 Å². The second-order valence-electron chi connectivity index (χ2n) is 7.57. The van der Waals surface area contributed by atoms with Gasteiger partial charge in [0.15, 0.2) is 0 Å². The summed E-state index contributed by atoms with van der Waals surface area (Å²) in [5.74, 6) is 7.72. The zero-order valence-corrected chi connectivity index (χ0v) is 18.9. The van der Waals surface area contributed by atoms with Crippen molar-refractivity contribution < 1.29 is 4.74 Å². The first-order valence-electron chi connectivity index (χ1n) is 10.9. The van der Waals surface area contributed by atoms with Gasteiger partial charge in [-0.1, -0.05) is 55.0 Å². The Hall–Kier alpha value is -2.51. The number of hydrogen-bond acceptors (Lipinski definition) is 2. The molecule has 4 heteroatoms. The number of hydrogen-bond donors (Lipinski definition) is 1. The molecule has 0 saturated heterocycles. The Kier molecular flexibility index (Phi) is 9.73.